The third-order valence-electron chi connectivity index (χ3n) is 2.16. The van der Waals surface area contributed by atoms with Crippen LogP contribution in [-0.4, -0.2) is 24.7 Å². The number of hydrogen-bond acceptors (Lipinski definition) is 3. The van der Waals surface area contributed by atoms with E-state index in [1.54, 1.807) is 12.1 Å². The zero-order chi connectivity index (χ0) is 12.3. The molecule has 0 bridgehead atoms. The number of carboxylic acid groups (broad SMARTS) is 1. The zero-order valence-corrected chi connectivity index (χ0v) is 11.0. The van der Waals surface area contributed by atoms with Gasteiger partial charge in [-0.15, -0.1) is 0 Å². The van der Waals surface area contributed by atoms with E-state index >= 15 is 0 Å². The maximum Gasteiger partial charge on any atom is 0.322 e. The minimum atomic E-state index is -3.79. The van der Waals surface area contributed by atoms with Crippen molar-refractivity contribution in [3.8, 4) is 0 Å². The summed E-state index contributed by atoms with van der Waals surface area (Å²) in [5.74, 6) is -1.31. The van der Waals surface area contributed by atoms with Crippen LogP contribution >= 0.6 is 15.9 Å². The van der Waals surface area contributed by atoms with Crippen LogP contribution in [0, 0.1) is 0 Å². The molecule has 16 heavy (non-hydrogen) atoms. The number of aliphatic carboxylic acids is 1. The van der Waals surface area contributed by atoms with Gasteiger partial charge in [-0.2, -0.15) is 0 Å². The first-order valence-corrected chi connectivity index (χ1v) is 6.95. The SMILES string of the molecule is CCC(C(=O)O)S(=O)(=O)c1ccc(Br)cc1. The Morgan fingerprint density at radius 1 is 1.38 bits per heavy atom. The van der Waals surface area contributed by atoms with Gasteiger partial charge in [0.05, 0.1) is 4.90 Å². The smallest absolute Gasteiger partial charge is 0.322 e. The van der Waals surface area contributed by atoms with Gasteiger partial charge in [0.1, 0.15) is 0 Å². The van der Waals surface area contributed by atoms with E-state index in [-0.39, 0.29) is 11.3 Å². The van der Waals surface area contributed by atoms with Crippen molar-refractivity contribution in [2.75, 3.05) is 0 Å². The van der Waals surface area contributed by atoms with Gasteiger partial charge in [-0.1, -0.05) is 22.9 Å². The molecule has 0 radical (unpaired) electrons. The second-order valence-corrected chi connectivity index (χ2v) is 6.28. The van der Waals surface area contributed by atoms with Gasteiger partial charge in [-0.05, 0) is 30.7 Å². The van der Waals surface area contributed by atoms with Gasteiger partial charge < -0.3 is 5.11 Å². The van der Waals surface area contributed by atoms with E-state index in [4.69, 9.17) is 5.11 Å². The van der Waals surface area contributed by atoms with Crippen molar-refractivity contribution >= 4 is 31.7 Å². The summed E-state index contributed by atoms with van der Waals surface area (Å²) in [6.07, 6.45) is 0.0493. The van der Waals surface area contributed by atoms with E-state index < -0.39 is 21.1 Å². The summed E-state index contributed by atoms with van der Waals surface area (Å²) in [6.45, 7) is 1.54. The molecular formula is C10H11BrO4S. The third-order valence-corrected chi connectivity index (χ3v) is 4.90. The van der Waals surface area contributed by atoms with Crippen molar-refractivity contribution in [3.05, 3.63) is 28.7 Å². The quantitative estimate of drug-likeness (QED) is 0.924. The van der Waals surface area contributed by atoms with E-state index in [9.17, 15) is 13.2 Å². The minimum absolute atomic E-state index is 0.0324. The second-order valence-electron chi connectivity index (χ2n) is 3.23. The predicted molar refractivity (Wildman–Crippen MR) is 63.0 cm³/mol. The molecule has 0 heterocycles. The molecule has 0 aliphatic heterocycles. The van der Waals surface area contributed by atoms with Crippen molar-refractivity contribution < 1.29 is 18.3 Å². The summed E-state index contributed by atoms with van der Waals surface area (Å²) >= 11 is 3.18. The van der Waals surface area contributed by atoms with Gasteiger partial charge in [0, 0.05) is 4.47 Å². The van der Waals surface area contributed by atoms with Crippen LogP contribution in [0.5, 0.6) is 0 Å². The summed E-state index contributed by atoms with van der Waals surface area (Å²) < 4.78 is 24.6. The van der Waals surface area contributed by atoms with Gasteiger partial charge in [0.2, 0.25) is 0 Å². The monoisotopic (exact) mass is 306 g/mol. The zero-order valence-electron chi connectivity index (χ0n) is 8.55. The van der Waals surface area contributed by atoms with Crippen molar-refractivity contribution in [2.24, 2.45) is 0 Å². The lowest BCUT2D eigenvalue weighted by atomic mass is 10.3. The number of halogens is 1. The Kier molecular flexibility index (Phi) is 4.09. The Hall–Kier alpha value is -0.880. The van der Waals surface area contributed by atoms with Gasteiger partial charge >= 0.3 is 5.97 Å². The summed E-state index contributed by atoms with van der Waals surface area (Å²) in [5, 5.41) is 7.46. The molecule has 1 N–H and O–H groups in total. The topological polar surface area (TPSA) is 71.4 Å². The number of carboxylic acids is 1. The Labute approximate surface area is 102 Å². The summed E-state index contributed by atoms with van der Waals surface area (Å²) in [5.41, 5.74) is 0. The molecule has 0 saturated heterocycles. The van der Waals surface area contributed by atoms with Crippen LogP contribution in [0.2, 0.25) is 0 Å². The standard InChI is InChI=1S/C10H11BrO4S/c1-2-9(10(12)13)16(14,15)8-5-3-7(11)4-6-8/h3-6,9H,2H2,1H3,(H,12,13). The fourth-order valence-corrected chi connectivity index (χ4v) is 3.13. The summed E-state index contributed by atoms with van der Waals surface area (Å²) in [7, 11) is -3.79. The number of carbonyl (C=O) groups is 1. The van der Waals surface area contributed by atoms with E-state index in [1.807, 2.05) is 0 Å². The molecule has 1 aromatic rings. The molecule has 6 heteroatoms. The first-order valence-electron chi connectivity index (χ1n) is 4.62. The molecule has 0 saturated carbocycles. The second kappa shape index (κ2) is 4.97. The molecule has 88 valence electrons. The van der Waals surface area contributed by atoms with Crippen molar-refractivity contribution in [1.82, 2.24) is 0 Å². The highest BCUT2D eigenvalue weighted by atomic mass is 79.9. The highest BCUT2D eigenvalue weighted by molar-refractivity contribution is 9.10. The molecule has 1 rings (SSSR count). The first kappa shape index (κ1) is 13.2. The highest BCUT2D eigenvalue weighted by Gasteiger charge is 2.32. The Balaban J connectivity index is 3.20. The van der Waals surface area contributed by atoms with Crippen LogP contribution in [0.1, 0.15) is 13.3 Å². The Morgan fingerprint density at radius 3 is 2.25 bits per heavy atom. The molecule has 0 fully saturated rings. The molecule has 0 aliphatic rings. The number of hydrogen-bond donors (Lipinski definition) is 1. The average Bonchev–Trinajstić information content (AvgIpc) is 2.18. The maximum absolute atomic E-state index is 11.9. The van der Waals surface area contributed by atoms with Gasteiger partial charge in [0.15, 0.2) is 15.1 Å². The molecule has 0 spiro atoms. The lowest BCUT2D eigenvalue weighted by Crippen LogP contribution is -2.29. The summed E-state index contributed by atoms with van der Waals surface area (Å²) in [4.78, 5) is 10.9. The fourth-order valence-electron chi connectivity index (χ4n) is 1.32. The minimum Gasteiger partial charge on any atom is -0.480 e. The van der Waals surface area contributed by atoms with E-state index in [0.29, 0.717) is 0 Å². The molecular weight excluding hydrogens is 296 g/mol. The van der Waals surface area contributed by atoms with E-state index in [0.717, 1.165) is 4.47 Å². The number of sulfone groups is 1. The van der Waals surface area contributed by atoms with Gasteiger partial charge in [-0.25, -0.2) is 8.42 Å². The average molecular weight is 307 g/mol. The first-order chi connectivity index (χ1) is 7.39. The van der Waals surface area contributed by atoms with Crippen molar-refractivity contribution in [2.45, 2.75) is 23.5 Å². The van der Waals surface area contributed by atoms with E-state index in [1.165, 1.54) is 19.1 Å². The Bertz CT molecular complexity index is 478. The number of benzene rings is 1. The van der Waals surface area contributed by atoms with Gasteiger partial charge in [-0.3, -0.25) is 4.79 Å². The highest BCUT2D eigenvalue weighted by Crippen LogP contribution is 2.20. The normalized spacial score (nSPS) is 13.4. The van der Waals surface area contributed by atoms with Crippen LogP contribution in [-0.2, 0) is 14.6 Å². The predicted octanol–water partition coefficient (Wildman–Crippen LogP) is 2.09. The molecule has 4 nitrogen and oxygen atoms in total. The lowest BCUT2D eigenvalue weighted by Gasteiger charge is -2.11. The largest absolute Gasteiger partial charge is 0.480 e. The molecule has 1 atom stereocenters. The number of rotatable bonds is 4. The molecule has 0 aliphatic carbocycles. The van der Waals surface area contributed by atoms with Crippen LogP contribution < -0.4 is 0 Å². The third kappa shape index (κ3) is 2.62. The van der Waals surface area contributed by atoms with Crippen molar-refractivity contribution in [3.63, 3.8) is 0 Å². The Morgan fingerprint density at radius 2 is 1.88 bits per heavy atom. The molecule has 0 aromatic heterocycles. The fraction of sp³-hybridized carbons (Fsp3) is 0.300. The molecule has 1 aromatic carbocycles. The molecule has 1 unspecified atom stereocenters. The van der Waals surface area contributed by atoms with Crippen LogP contribution in [0.15, 0.2) is 33.6 Å². The van der Waals surface area contributed by atoms with E-state index in [2.05, 4.69) is 15.9 Å². The van der Waals surface area contributed by atoms with Gasteiger partial charge in [0.25, 0.3) is 0 Å². The van der Waals surface area contributed by atoms with Crippen LogP contribution in [0.4, 0.5) is 0 Å². The lowest BCUT2D eigenvalue weighted by molar-refractivity contribution is -0.136. The maximum atomic E-state index is 11.9. The van der Waals surface area contributed by atoms with Crippen LogP contribution in [0.3, 0.4) is 0 Å². The summed E-state index contributed by atoms with van der Waals surface area (Å²) in [6, 6.07) is 5.93. The van der Waals surface area contributed by atoms with Crippen molar-refractivity contribution in [1.29, 1.82) is 0 Å². The molecule has 0 amide bonds. The van der Waals surface area contributed by atoms with Crippen LogP contribution in [0.25, 0.3) is 0 Å².